The molecule has 0 aliphatic heterocycles. The third-order valence-electron chi connectivity index (χ3n) is 2.45. The largest absolute Gasteiger partial charge is 0.469 e. The maximum Gasteiger partial charge on any atom is 0.306 e. The van der Waals surface area contributed by atoms with Crippen LogP contribution in [0.2, 0.25) is 0 Å². The Bertz CT molecular complexity index is 474. The summed E-state index contributed by atoms with van der Waals surface area (Å²) in [6.45, 7) is 1.25. The van der Waals surface area contributed by atoms with E-state index in [0.717, 1.165) is 11.3 Å². The van der Waals surface area contributed by atoms with Gasteiger partial charge in [-0.2, -0.15) is 0 Å². The Morgan fingerprint density at radius 3 is 3.18 bits per heavy atom. The van der Waals surface area contributed by atoms with E-state index in [1.165, 1.54) is 7.11 Å². The molecule has 0 saturated heterocycles. The van der Waals surface area contributed by atoms with Gasteiger partial charge in [0.15, 0.2) is 0 Å². The molecule has 1 N–H and O–H groups in total. The predicted molar refractivity (Wildman–Crippen MR) is 63.5 cm³/mol. The van der Waals surface area contributed by atoms with Gasteiger partial charge in [-0.3, -0.25) is 4.79 Å². The van der Waals surface area contributed by atoms with Gasteiger partial charge in [0.25, 0.3) is 0 Å². The highest BCUT2D eigenvalue weighted by atomic mass is 16.5. The molecule has 17 heavy (non-hydrogen) atoms. The molecule has 0 amide bonds. The molecule has 0 radical (unpaired) electrons. The van der Waals surface area contributed by atoms with Crippen LogP contribution >= 0.6 is 0 Å². The van der Waals surface area contributed by atoms with Crippen molar-refractivity contribution in [1.82, 2.24) is 14.7 Å². The average Bonchev–Trinajstić information content (AvgIpc) is 2.76. The van der Waals surface area contributed by atoms with Crippen LogP contribution in [-0.4, -0.2) is 29.0 Å². The Labute approximate surface area is 99.4 Å². The number of nitrogens with zero attached hydrogens (tertiary/aromatic N) is 2. The molecule has 0 fully saturated rings. The van der Waals surface area contributed by atoms with Crippen LogP contribution in [0.1, 0.15) is 12.1 Å². The molecule has 5 heteroatoms. The molecule has 0 atom stereocenters. The van der Waals surface area contributed by atoms with Crippen LogP contribution < -0.4 is 5.32 Å². The molecule has 0 aliphatic carbocycles. The van der Waals surface area contributed by atoms with Gasteiger partial charge in [-0.25, -0.2) is 4.98 Å². The molecule has 0 bridgehead atoms. The van der Waals surface area contributed by atoms with Gasteiger partial charge in [0, 0.05) is 25.5 Å². The number of aromatic nitrogens is 2. The number of pyridine rings is 1. The van der Waals surface area contributed by atoms with Gasteiger partial charge in [-0.1, -0.05) is 6.07 Å². The highest BCUT2D eigenvalue weighted by molar-refractivity contribution is 5.69. The van der Waals surface area contributed by atoms with Crippen molar-refractivity contribution < 1.29 is 9.53 Å². The van der Waals surface area contributed by atoms with Crippen molar-refractivity contribution in [2.24, 2.45) is 0 Å². The minimum atomic E-state index is -0.201. The fourth-order valence-corrected chi connectivity index (χ4v) is 1.58. The highest BCUT2D eigenvalue weighted by Crippen LogP contribution is 2.03. The molecule has 0 unspecified atom stereocenters. The fraction of sp³-hybridized carbons (Fsp3) is 0.333. The second-order valence-corrected chi connectivity index (χ2v) is 3.70. The van der Waals surface area contributed by atoms with Gasteiger partial charge in [-0.05, 0) is 12.1 Å². The Hall–Kier alpha value is -1.88. The van der Waals surface area contributed by atoms with Crippen molar-refractivity contribution in [2.75, 3.05) is 13.7 Å². The van der Waals surface area contributed by atoms with Crippen LogP contribution in [0, 0.1) is 0 Å². The van der Waals surface area contributed by atoms with Crippen LogP contribution in [0.3, 0.4) is 0 Å². The first-order valence-electron chi connectivity index (χ1n) is 5.50. The number of hydrogen-bond donors (Lipinski definition) is 1. The lowest BCUT2D eigenvalue weighted by atomic mass is 10.4. The maximum atomic E-state index is 10.9. The zero-order valence-electron chi connectivity index (χ0n) is 9.72. The molecule has 2 rings (SSSR count). The zero-order valence-corrected chi connectivity index (χ0v) is 9.72. The number of fused-ring (bicyclic) bond motifs is 1. The van der Waals surface area contributed by atoms with E-state index in [4.69, 9.17) is 0 Å². The molecular formula is C12H15N3O2. The molecule has 2 heterocycles. The summed E-state index contributed by atoms with van der Waals surface area (Å²) in [7, 11) is 1.39. The second-order valence-electron chi connectivity index (χ2n) is 3.70. The summed E-state index contributed by atoms with van der Waals surface area (Å²) in [5, 5.41) is 3.15. The molecule has 2 aromatic rings. The molecule has 0 aromatic carbocycles. The van der Waals surface area contributed by atoms with Crippen molar-refractivity contribution in [1.29, 1.82) is 0 Å². The lowest BCUT2D eigenvalue weighted by Gasteiger charge is -2.00. The van der Waals surface area contributed by atoms with Crippen molar-refractivity contribution in [3.8, 4) is 0 Å². The minimum absolute atomic E-state index is 0.201. The third-order valence-corrected chi connectivity index (χ3v) is 2.45. The number of methoxy groups -OCH3 is 1. The molecule has 0 saturated carbocycles. The molecule has 2 aromatic heterocycles. The number of nitrogens with one attached hydrogen (secondary N) is 1. The lowest BCUT2D eigenvalue weighted by molar-refractivity contribution is -0.140. The van der Waals surface area contributed by atoms with Crippen molar-refractivity contribution in [3.05, 3.63) is 36.3 Å². The summed E-state index contributed by atoms with van der Waals surface area (Å²) in [4.78, 5) is 15.3. The number of imidazole rings is 1. The van der Waals surface area contributed by atoms with Crippen molar-refractivity contribution >= 4 is 11.6 Å². The van der Waals surface area contributed by atoms with Crippen LogP contribution in [0.4, 0.5) is 0 Å². The number of hydrogen-bond acceptors (Lipinski definition) is 4. The Kier molecular flexibility index (Phi) is 3.72. The Balaban J connectivity index is 1.85. The summed E-state index contributed by atoms with van der Waals surface area (Å²) >= 11 is 0. The van der Waals surface area contributed by atoms with Gasteiger partial charge in [0.05, 0.1) is 19.2 Å². The van der Waals surface area contributed by atoms with Gasteiger partial charge >= 0.3 is 5.97 Å². The molecule has 90 valence electrons. The van der Waals surface area contributed by atoms with E-state index in [1.54, 1.807) is 0 Å². The molecule has 0 spiro atoms. The predicted octanol–water partition coefficient (Wildman–Crippen LogP) is 0.987. The molecule has 0 aliphatic rings. The first-order valence-corrected chi connectivity index (χ1v) is 5.50. The monoisotopic (exact) mass is 233 g/mol. The zero-order chi connectivity index (χ0) is 12.1. The fourth-order valence-electron chi connectivity index (χ4n) is 1.58. The van der Waals surface area contributed by atoms with Crippen LogP contribution in [0.5, 0.6) is 0 Å². The number of ether oxygens (including phenoxy) is 1. The number of rotatable bonds is 5. The Morgan fingerprint density at radius 2 is 2.41 bits per heavy atom. The average molecular weight is 233 g/mol. The SMILES string of the molecule is COC(=O)CCNCc1cn2ccccc2n1. The quantitative estimate of drug-likeness (QED) is 0.618. The topological polar surface area (TPSA) is 55.6 Å². The van der Waals surface area contributed by atoms with Gasteiger partial charge < -0.3 is 14.5 Å². The van der Waals surface area contributed by atoms with E-state index in [-0.39, 0.29) is 5.97 Å². The lowest BCUT2D eigenvalue weighted by Crippen LogP contribution is -2.18. The highest BCUT2D eigenvalue weighted by Gasteiger charge is 2.02. The number of esters is 1. The van der Waals surface area contributed by atoms with E-state index in [9.17, 15) is 4.79 Å². The summed E-state index contributed by atoms with van der Waals surface area (Å²) in [5.41, 5.74) is 1.89. The van der Waals surface area contributed by atoms with Gasteiger partial charge in [0.2, 0.25) is 0 Å². The van der Waals surface area contributed by atoms with Crippen LogP contribution in [-0.2, 0) is 16.1 Å². The third kappa shape index (κ3) is 3.04. The van der Waals surface area contributed by atoms with E-state index in [0.29, 0.717) is 19.5 Å². The van der Waals surface area contributed by atoms with Gasteiger partial charge in [-0.15, -0.1) is 0 Å². The summed E-state index contributed by atoms with van der Waals surface area (Å²) in [5.74, 6) is -0.201. The van der Waals surface area contributed by atoms with Crippen LogP contribution in [0.15, 0.2) is 30.6 Å². The standard InChI is InChI=1S/C12H15N3O2/c1-17-12(16)5-6-13-8-10-9-15-7-3-2-4-11(15)14-10/h2-4,7,9,13H,5-6,8H2,1H3. The van der Waals surface area contributed by atoms with E-state index in [2.05, 4.69) is 15.0 Å². The summed E-state index contributed by atoms with van der Waals surface area (Å²) in [6, 6.07) is 5.87. The first-order chi connectivity index (χ1) is 8.29. The summed E-state index contributed by atoms with van der Waals surface area (Å²) < 4.78 is 6.52. The Morgan fingerprint density at radius 1 is 1.53 bits per heavy atom. The second kappa shape index (κ2) is 5.45. The summed E-state index contributed by atoms with van der Waals surface area (Å²) in [6.07, 6.45) is 4.31. The molecular weight excluding hydrogens is 218 g/mol. The number of carbonyl (C=O) groups excluding carboxylic acids is 1. The first kappa shape index (κ1) is 11.6. The molecule has 5 nitrogen and oxygen atoms in total. The van der Waals surface area contributed by atoms with E-state index < -0.39 is 0 Å². The normalized spacial score (nSPS) is 10.6. The maximum absolute atomic E-state index is 10.9. The van der Waals surface area contributed by atoms with Crippen molar-refractivity contribution in [2.45, 2.75) is 13.0 Å². The van der Waals surface area contributed by atoms with Crippen molar-refractivity contribution in [3.63, 3.8) is 0 Å². The van der Waals surface area contributed by atoms with Crippen LogP contribution in [0.25, 0.3) is 5.65 Å². The minimum Gasteiger partial charge on any atom is -0.469 e. The van der Waals surface area contributed by atoms with E-state index in [1.807, 2.05) is 35.0 Å². The number of carbonyl (C=O) groups is 1. The smallest absolute Gasteiger partial charge is 0.306 e. The van der Waals surface area contributed by atoms with Gasteiger partial charge in [0.1, 0.15) is 5.65 Å². The van der Waals surface area contributed by atoms with E-state index >= 15 is 0 Å².